The summed E-state index contributed by atoms with van der Waals surface area (Å²) < 4.78 is 25.3. The van der Waals surface area contributed by atoms with Crippen molar-refractivity contribution in [2.24, 2.45) is 5.92 Å². The number of hydrogen-bond donors (Lipinski definition) is 2. The van der Waals surface area contributed by atoms with Crippen LogP contribution in [0.5, 0.6) is 0 Å². The quantitative estimate of drug-likeness (QED) is 0.881. The van der Waals surface area contributed by atoms with Crippen molar-refractivity contribution in [3.05, 3.63) is 40.9 Å². The monoisotopic (exact) mass is 333 g/mol. The van der Waals surface area contributed by atoms with Gasteiger partial charge < -0.3 is 9.88 Å². The van der Waals surface area contributed by atoms with E-state index in [-0.39, 0.29) is 0 Å². The number of nitrogens with one attached hydrogen (secondary N) is 2. The smallest absolute Gasteiger partial charge is 0.233 e. The summed E-state index contributed by atoms with van der Waals surface area (Å²) in [7, 11) is 0.239. The SMILES string of the molecule is CNS(=O)(=O)C=Cc1ccc2[nH]cc(CC3CCN(C)C3)c2c1. The highest BCUT2D eigenvalue weighted by molar-refractivity contribution is 7.92. The van der Waals surface area contributed by atoms with Crippen LogP contribution in [0.4, 0.5) is 0 Å². The number of H-pyrrole nitrogens is 1. The van der Waals surface area contributed by atoms with Gasteiger partial charge in [-0.05, 0) is 68.7 Å². The molecule has 3 rings (SSSR count). The lowest BCUT2D eigenvalue weighted by atomic mass is 9.97. The molecule has 2 aromatic rings. The third-order valence-corrected chi connectivity index (χ3v) is 5.58. The predicted molar refractivity (Wildman–Crippen MR) is 94.6 cm³/mol. The minimum absolute atomic E-state index is 0.697. The molecule has 6 heteroatoms. The molecule has 5 nitrogen and oxygen atoms in total. The van der Waals surface area contributed by atoms with Gasteiger partial charge in [-0.2, -0.15) is 0 Å². The largest absolute Gasteiger partial charge is 0.361 e. The van der Waals surface area contributed by atoms with Gasteiger partial charge in [0.1, 0.15) is 0 Å². The van der Waals surface area contributed by atoms with Crippen LogP contribution in [0, 0.1) is 5.92 Å². The highest BCUT2D eigenvalue weighted by atomic mass is 32.2. The number of rotatable bonds is 5. The van der Waals surface area contributed by atoms with E-state index in [0.29, 0.717) is 5.92 Å². The molecule has 0 spiro atoms. The van der Waals surface area contributed by atoms with E-state index in [2.05, 4.69) is 33.9 Å². The number of fused-ring (bicyclic) bond motifs is 1. The van der Waals surface area contributed by atoms with Gasteiger partial charge in [-0.25, -0.2) is 13.1 Å². The molecule has 2 heterocycles. The summed E-state index contributed by atoms with van der Waals surface area (Å²) in [6.07, 6.45) is 6.02. The molecular formula is C17H23N3O2S. The Hall–Kier alpha value is -1.63. The molecule has 23 heavy (non-hydrogen) atoms. The van der Waals surface area contributed by atoms with Crippen LogP contribution in [-0.2, 0) is 16.4 Å². The van der Waals surface area contributed by atoms with Crippen LogP contribution < -0.4 is 4.72 Å². The van der Waals surface area contributed by atoms with Gasteiger partial charge in [-0.3, -0.25) is 0 Å². The molecule has 1 unspecified atom stereocenters. The first-order valence-corrected chi connectivity index (χ1v) is 9.41. The number of likely N-dealkylation sites (tertiary alicyclic amines) is 1. The fourth-order valence-electron chi connectivity index (χ4n) is 3.21. The maximum absolute atomic E-state index is 11.5. The van der Waals surface area contributed by atoms with Crippen LogP contribution in [0.1, 0.15) is 17.5 Å². The van der Waals surface area contributed by atoms with Gasteiger partial charge >= 0.3 is 0 Å². The Morgan fingerprint density at radius 2 is 2.26 bits per heavy atom. The molecule has 0 bridgehead atoms. The predicted octanol–water partition coefficient (Wildman–Crippen LogP) is 2.18. The first-order valence-electron chi connectivity index (χ1n) is 7.87. The van der Waals surface area contributed by atoms with Crippen LogP contribution in [-0.4, -0.2) is 45.5 Å². The Morgan fingerprint density at radius 1 is 1.43 bits per heavy atom. The zero-order valence-corrected chi connectivity index (χ0v) is 14.4. The lowest BCUT2D eigenvalue weighted by molar-refractivity contribution is 0.394. The van der Waals surface area contributed by atoms with Gasteiger partial charge in [0.2, 0.25) is 10.0 Å². The Kier molecular flexibility index (Phi) is 4.57. The van der Waals surface area contributed by atoms with Crippen molar-refractivity contribution in [3.8, 4) is 0 Å². The summed E-state index contributed by atoms with van der Waals surface area (Å²) in [4.78, 5) is 5.69. The fourth-order valence-corrected chi connectivity index (χ4v) is 3.68. The number of nitrogens with zero attached hydrogens (tertiary/aromatic N) is 1. The van der Waals surface area contributed by atoms with E-state index < -0.39 is 10.0 Å². The molecule has 1 atom stereocenters. The van der Waals surface area contributed by atoms with Crippen molar-refractivity contribution >= 4 is 27.0 Å². The van der Waals surface area contributed by atoms with Crippen molar-refractivity contribution in [1.29, 1.82) is 0 Å². The molecule has 1 aromatic heterocycles. The highest BCUT2D eigenvalue weighted by Gasteiger charge is 2.20. The van der Waals surface area contributed by atoms with Crippen LogP contribution in [0.3, 0.4) is 0 Å². The molecule has 0 saturated carbocycles. The molecule has 0 amide bonds. The lowest BCUT2D eigenvalue weighted by Crippen LogP contribution is -2.14. The second-order valence-electron chi connectivity index (χ2n) is 6.29. The Morgan fingerprint density at radius 3 is 2.96 bits per heavy atom. The average molecular weight is 333 g/mol. The summed E-state index contributed by atoms with van der Waals surface area (Å²) in [5.74, 6) is 0.697. The Balaban J connectivity index is 1.85. The van der Waals surface area contributed by atoms with E-state index in [4.69, 9.17) is 0 Å². The molecule has 1 aliphatic heterocycles. The highest BCUT2D eigenvalue weighted by Crippen LogP contribution is 2.26. The molecule has 2 N–H and O–H groups in total. The molecule has 1 saturated heterocycles. The van der Waals surface area contributed by atoms with Crippen molar-refractivity contribution in [3.63, 3.8) is 0 Å². The minimum Gasteiger partial charge on any atom is -0.361 e. The summed E-state index contributed by atoms with van der Waals surface area (Å²) in [6, 6.07) is 5.99. The van der Waals surface area contributed by atoms with Gasteiger partial charge in [0.05, 0.1) is 0 Å². The van der Waals surface area contributed by atoms with E-state index in [1.165, 1.54) is 36.4 Å². The first kappa shape index (κ1) is 16.2. The molecular weight excluding hydrogens is 310 g/mol. The van der Waals surface area contributed by atoms with E-state index in [0.717, 1.165) is 24.0 Å². The van der Waals surface area contributed by atoms with Crippen molar-refractivity contribution < 1.29 is 8.42 Å². The first-order chi connectivity index (χ1) is 11.0. The number of hydrogen-bond acceptors (Lipinski definition) is 3. The molecule has 124 valence electrons. The normalized spacial score (nSPS) is 20.0. The molecule has 1 aromatic carbocycles. The third kappa shape index (κ3) is 3.83. The van der Waals surface area contributed by atoms with E-state index in [1.54, 1.807) is 6.08 Å². The average Bonchev–Trinajstić information content (AvgIpc) is 3.12. The van der Waals surface area contributed by atoms with Crippen LogP contribution in [0.15, 0.2) is 29.8 Å². The summed E-state index contributed by atoms with van der Waals surface area (Å²) in [5, 5.41) is 2.38. The number of benzene rings is 1. The summed E-state index contributed by atoms with van der Waals surface area (Å²) in [6.45, 7) is 2.32. The van der Waals surface area contributed by atoms with Crippen LogP contribution >= 0.6 is 0 Å². The summed E-state index contributed by atoms with van der Waals surface area (Å²) >= 11 is 0. The maximum Gasteiger partial charge on any atom is 0.233 e. The second kappa shape index (κ2) is 6.47. The second-order valence-corrected chi connectivity index (χ2v) is 8.06. The Bertz CT molecular complexity index is 823. The Labute approximate surface area is 137 Å². The molecule has 1 aliphatic rings. The fraction of sp³-hybridized carbons (Fsp3) is 0.412. The van der Waals surface area contributed by atoms with Crippen LogP contribution in [0.2, 0.25) is 0 Å². The third-order valence-electron chi connectivity index (χ3n) is 4.51. The van der Waals surface area contributed by atoms with Crippen molar-refractivity contribution in [1.82, 2.24) is 14.6 Å². The number of aromatic nitrogens is 1. The lowest BCUT2D eigenvalue weighted by Gasteiger charge is -2.09. The van der Waals surface area contributed by atoms with E-state index >= 15 is 0 Å². The minimum atomic E-state index is -3.34. The standard InChI is InChI=1S/C17H23N3O2S/c1-18-23(21,22)8-6-13-3-4-17-16(10-13)15(11-19-17)9-14-5-7-20(2)12-14/h3-4,6,8,10-11,14,18-19H,5,7,9,12H2,1-2H3. The van der Waals surface area contributed by atoms with E-state index in [1.807, 2.05) is 12.1 Å². The number of aromatic amines is 1. The molecule has 0 radical (unpaired) electrons. The van der Waals surface area contributed by atoms with Gasteiger partial charge in [0, 0.05) is 29.1 Å². The van der Waals surface area contributed by atoms with E-state index in [9.17, 15) is 8.42 Å². The summed E-state index contributed by atoms with van der Waals surface area (Å²) in [5.41, 5.74) is 3.30. The molecule has 1 fully saturated rings. The van der Waals surface area contributed by atoms with Gasteiger partial charge in [0.25, 0.3) is 0 Å². The zero-order valence-electron chi connectivity index (χ0n) is 13.5. The maximum atomic E-state index is 11.5. The van der Waals surface area contributed by atoms with Crippen molar-refractivity contribution in [2.45, 2.75) is 12.8 Å². The van der Waals surface area contributed by atoms with Gasteiger partial charge in [-0.15, -0.1) is 0 Å². The van der Waals surface area contributed by atoms with Crippen molar-refractivity contribution in [2.75, 3.05) is 27.2 Å². The molecule has 0 aliphatic carbocycles. The number of sulfonamides is 1. The topological polar surface area (TPSA) is 65.2 Å². The van der Waals surface area contributed by atoms with Crippen LogP contribution in [0.25, 0.3) is 17.0 Å². The van der Waals surface area contributed by atoms with Gasteiger partial charge in [-0.1, -0.05) is 6.07 Å². The van der Waals surface area contributed by atoms with Gasteiger partial charge in [0.15, 0.2) is 0 Å². The zero-order chi connectivity index (χ0) is 16.4.